The Kier molecular flexibility index (Phi) is 8.15. The van der Waals surface area contributed by atoms with Crippen LogP contribution in [-0.2, 0) is 9.53 Å². The molecule has 0 heterocycles. The summed E-state index contributed by atoms with van der Waals surface area (Å²) in [6, 6.07) is 5.27. The normalized spacial score (nSPS) is 8.47. The second-order valence-electron chi connectivity index (χ2n) is 2.46. The molecule has 0 aliphatic heterocycles. The number of benzene rings is 1. The van der Waals surface area contributed by atoms with Gasteiger partial charge in [-0.3, -0.25) is 0 Å². The van der Waals surface area contributed by atoms with Gasteiger partial charge in [0, 0.05) is 13.2 Å². The summed E-state index contributed by atoms with van der Waals surface area (Å²) in [7, 11) is 0. The van der Waals surface area contributed by atoms with E-state index in [1.165, 1.54) is 30.3 Å². The van der Waals surface area contributed by atoms with Gasteiger partial charge in [-0.15, -0.1) is 0 Å². The van der Waals surface area contributed by atoms with Gasteiger partial charge in [0.2, 0.25) is 6.08 Å². The molecule has 0 saturated carbocycles. The van der Waals surface area contributed by atoms with Crippen molar-refractivity contribution < 1.29 is 13.9 Å². The van der Waals surface area contributed by atoms with Crippen LogP contribution < -0.4 is 0 Å². The quantitative estimate of drug-likeness (QED) is 0.569. The average Bonchev–Trinajstić information content (AvgIpc) is 2.24. The molecule has 15 heavy (non-hydrogen) atoms. The molecule has 0 amide bonds. The van der Waals surface area contributed by atoms with Gasteiger partial charge in [0.05, 0.1) is 5.69 Å². The Hall–Kier alpha value is -1.51. The zero-order chi connectivity index (χ0) is 11.5. The third kappa shape index (κ3) is 7.55. The minimum atomic E-state index is -0.343. The number of rotatable bonds is 3. The molecule has 0 aliphatic rings. The first-order valence-electron chi connectivity index (χ1n) is 4.65. The first kappa shape index (κ1) is 13.5. The van der Waals surface area contributed by atoms with Gasteiger partial charge in [0.15, 0.2) is 0 Å². The van der Waals surface area contributed by atoms with Gasteiger partial charge in [0.1, 0.15) is 5.82 Å². The van der Waals surface area contributed by atoms with Crippen LogP contribution in [0.4, 0.5) is 10.1 Å². The lowest BCUT2D eigenvalue weighted by Crippen LogP contribution is -1.84. The molecule has 1 rings (SSSR count). The highest BCUT2D eigenvalue weighted by Crippen LogP contribution is 2.10. The Morgan fingerprint density at radius 3 is 2.13 bits per heavy atom. The van der Waals surface area contributed by atoms with Gasteiger partial charge in [-0.25, -0.2) is 9.18 Å². The van der Waals surface area contributed by atoms with Crippen LogP contribution in [0.2, 0.25) is 0 Å². The summed E-state index contributed by atoms with van der Waals surface area (Å²) in [5, 5.41) is 0. The molecule has 82 valence electrons. The van der Waals surface area contributed by atoms with Crippen LogP contribution in [0.25, 0.3) is 0 Å². The van der Waals surface area contributed by atoms with Gasteiger partial charge in [-0.05, 0) is 38.1 Å². The Morgan fingerprint density at radius 2 is 1.80 bits per heavy atom. The molecule has 1 aromatic carbocycles. The van der Waals surface area contributed by atoms with E-state index in [0.29, 0.717) is 5.69 Å². The largest absolute Gasteiger partial charge is 0.382 e. The fourth-order valence-corrected chi connectivity index (χ4v) is 0.772. The minimum Gasteiger partial charge on any atom is -0.382 e. The van der Waals surface area contributed by atoms with E-state index in [2.05, 4.69) is 4.99 Å². The van der Waals surface area contributed by atoms with Crippen LogP contribution in [0, 0.1) is 5.82 Å². The summed E-state index contributed by atoms with van der Waals surface area (Å²) >= 11 is 0. The lowest BCUT2D eigenvalue weighted by atomic mass is 10.3. The number of halogens is 1. The van der Waals surface area contributed by atoms with Crippen LogP contribution in [0.1, 0.15) is 13.8 Å². The molecule has 0 aliphatic carbocycles. The van der Waals surface area contributed by atoms with Crippen molar-refractivity contribution in [2.45, 2.75) is 13.8 Å². The maximum atomic E-state index is 12.2. The van der Waals surface area contributed by atoms with Crippen molar-refractivity contribution >= 4 is 11.8 Å². The number of ether oxygens (including phenoxy) is 1. The highest BCUT2D eigenvalue weighted by molar-refractivity contribution is 5.48. The smallest absolute Gasteiger partial charge is 0.240 e. The number of aliphatic imine (C=N–C) groups is 1. The Morgan fingerprint density at radius 1 is 1.27 bits per heavy atom. The zero-order valence-corrected chi connectivity index (χ0v) is 8.87. The lowest BCUT2D eigenvalue weighted by Gasteiger charge is -1.87. The summed E-state index contributed by atoms with van der Waals surface area (Å²) in [4.78, 5) is 12.9. The molecule has 0 spiro atoms. The fourth-order valence-electron chi connectivity index (χ4n) is 0.772. The maximum Gasteiger partial charge on any atom is 0.240 e. The van der Waals surface area contributed by atoms with Gasteiger partial charge in [-0.2, -0.15) is 4.99 Å². The second kappa shape index (κ2) is 9.06. The van der Waals surface area contributed by atoms with Crippen molar-refractivity contribution in [3.63, 3.8) is 0 Å². The molecule has 0 saturated heterocycles. The molecule has 1 aromatic rings. The standard InChI is InChI=1S/C7H4FNO.C4H10O/c8-6-1-3-7(4-2-6)9-5-10;1-3-5-4-2/h1-4H;3-4H2,1-2H3. The van der Waals surface area contributed by atoms with Crippen molar-refractivity contribution in [2.24, 2.45) is 4.99 Å². The van der Waals surface area contributed by atoms with Gasteiger partial charge >= 0.3 is 0 Å². The topological polar surface area (TPSA) is 38.7 Å². The summed E-state index contributed by atoms with van der Waals surface area (Å²) in [6.45, 7) is 5.67. The average molecular weight is 211 g/mol. The van der Waals surface area contributed by atoms with Crippen molar-refractivity contribution in [3.8, 4) is 0 Å². The van der Waals surface area contributed by atoms with Crippen LogP contribution >= 0.6 is 0 Å². The molecule has 0 fully saturated rings. The Balaban J connectivity index is 0.000000336. The molecule has 3 nitrogen and oxygen atoms in total. The Bertz CT molecular complexity index is 303. The van der Waals surface area contributed by atoms with Gasteiger partial charge < -0.3 is 4.74 Å². The van der Waals surface area contributed by atoms with E-state index in [0.717, 1.165) is 13.2 Å². The monoisotopic (exact) mass is 211 g/mol. The first-order chi connectivity index (χ1) is 7.24. The van der Waals surface area contributed by atoms with Gasteiger partial charge in [-0.1, -0.05) is 0 Å². The Labute approximate surface area is 88.6 Å². The number of nitrogens with zero attached hydrogens (tertiary/aromatic N) is 1. The van der Waals surface area contributed by atoms with Crippen LogP contribution in [0.5, 0.6) is 0 Å². The van der Waals surface area contributed by atoms with Crippen LogP contribution in [0.15, 0.2) is 29.3 Å². The lowest BCUT2D eigenvalue weighted by molar-refractivity contribution is 0.162. The molecule has 0 aromatic heterocycles. The van der Waals surface area contributed by atoms with E-state index < -0.39 is 0 Å². The number of hydrogen-bond acceptors (Lipinski definition) is 3. The van der Waals surface area contributed by atoms with E-state index in [-0.39, 0.29) is 5.82 Å². The minimum absolute atomic E-state index is 0.343. The van der Waals surface area contributed by atoms with Crippen molar-refractivity contribution in [1.82, 2.24) is 0 Å². The third-order valence-corrected chi connectivity index (χ3v) is 1.41. The first-order valence-corrected chi connectivity index (χ1v) is 4.65. The van der Waals surface area contributed by atoms with E-state index in [9.17, 15) is 9.18 Å². The van der Waals surface area contributed by atoms with Gasteiger partial charge in [0.25, 0.3) is 0 Å². The third-order valence-electron chi connectivity index (χ3n) is 1.41. The number of hydrogen-bond donors (Lipinski definition) is 0. The second-order valence-corrected chi connectivity index (χ2v) is 2.46. The van der Waals surface area contributed by atoms with Crippen molar-refractivity contribution in [2.75, 3.05) is 13.2 Å². The summed E-state index contributed by atoms with van der Waals surface area (Å²) in [5.41, 5.74) is 0.413. The molecule has 0 unspecified atom stereocenters. The molecule has 0 radical (unpaired) electrons. The molecule has 0 N–H and O–H groups in total. The van der Waals surface area contributed by atoms with Crippen LogP contribution in [0.3, 0.4) is 0 Å². The van der Waals surface area contributed by atoms with Crippen molar-refractivity contribution in [3.05, 3.63) is 30.1 Å². The zero-order valence-electron chi connectivity index (χ0n) is 8.87. The van der Waals surface area contributed by atoms with Crippen molar-refractivity contribution in [1.29, 1.82) is 0 Å². The highest BCUT2D eigenvalue weighted by Gasteiger charge is 1.88. The molecular formula is C11H14FNO2. The molecule has 0 atom stereocenters. The predicted molar refractivity (Wildman–Crippen MR) is 56.3 cm³/mol. The SMILES string of the molecule is CCOCC.O=C=Nc1ccc(F)cc1. The van der Waals surface area contributed by atoms with E-state index in [1.54, 1.807) is 0 Å². The van der Waals surface area contributed by atoms with E-state index >= 15 is 0 Å². The molecule has 0 bridgehead atoms. The molecular weight excluding hydrogens is 197 g/mol. The van der Waals surface area contributed by atoms with E-state index in [1.807, 2.05) is 13.8 Å². The highest BCUT2D eigenvalue weighted by atomic mass is 19.1. The maximum absolute atomic E-state index is 12.2. The summed E-state index contributed by atoms with van der Waals surface area (Å²) in [6.07, 6.45) is 1.36. The predicted octanol–water partition coefficient (Wildman–Crippen LogP) is 2.84. The number of isocyanates is 1. The summed E-state index contributed by atoms with van der Waals surface area (Å²) in [5.74, 6) is -0.343. The van der Waals surface area contributed by atoms with Crippen LogP contribution in [-0.4, -0.2) is 19.3 Å². The summed E-state index contributed by atoms with van der Waals surface area (Å²) < 4.78 is 17.0. The molecule has 4 heteroatoms. The fraction of sp³-hybridized carbons (Fsp3) is 0.364. The van der Waals surface area contributed by atoms with E-state index in [4.69, 9.17) is 4.74 Å². The number of carbonyl (C=O) groups excluding carboxylic acids is 1.